The van der Waals surface area contributed by atoms with Gasteiger partial charge in [0.2, 0.25) is 0 Å². The Kier molecular flexibility index (Phi) is 4.47. The Hall–Kier alpha value is -1.07. The summed E-state index contributed by atoms with van der Waals surface area (Å²) in [4.78, 5) is 12.2. The van der Waals surface area contributed by atoms with Gasteiger partial charge in [0, 0.05) is 6.20 Å². The molecular formula is C13H20ClN3O2. The number of likely N-dealkylation sites (N-methyl/N-ethyl adjacent to an activating group) is 1. The molecule has 6 heteroatoms. The van der Waals surface area contributed by atoms with E-state index in [0.717, 1.165) is 19.4 Å². The summed E-state index contributed by atoms with van der Waals surface area (Å²) in [5.74, 6) is -0.155. The molecule has 1 aliphatic carbocycles. The van der Waals surface area contributed by atoms with Crippen LogP contribution >= 0.6 is 11.6 Å². The molecule has 2 rings (SSSR count). The van der Waals surface area contributed by atoms with Gasteiger partial charge >= 0.3 is 5.97 Å². The fourth-order valence-corrected chi connectivity index (χ4v) is 2.93. The number of hydrogen-bond donors (Lipinski definition) is 1. The maximum atomic E-state index is 12.2. The molecule has 2 atom stereocenters. The zero-order valence-corrected chi connectivity index (χ0v) is 12.1. The summed E-state index contributed by atoms with van der Waals surface area (Å²) in [6.07, 6.45) is 5.78. The van der Waals surface area contributed by atoms with E-state index in [-0.39, 0.29) is 12.0 Å². The lowest BCUT2D eigenvalue weighted by molar-refractivity contribution is -0.151. The van der Waals surface area contributed by atoms with Crippen molar-refractivity contribution in [2.45, 2.75) is 44.7 Å². The van der Waals surface area contributed by atoms with Crippen molar-refractivity contribution in [1.29, 1.82) is 0 Å². The minimum absolute atomic E-state index is 0.155. The Morgan fingerprint density at radius 3 is 3.05 bits per heavy atom. The van der Waals surface area contributed by atoms with Crippen molar-refractivity contribution in [1.82, 2.24) is 15.1 Å². The van der Waals surface area contributed by atoms with Crippen molar-refractivity contribution >= 4 is 17.6 Å². The van der Waals surface area contributed by atoms with Crippen molar-refractivity contribution in [3.05, 3.63) is 17.4 Å². The van der Waals surface area contributed by atoms with Crippen molar-refractivity contribution in [3.8, 4) is 0 Å². The minimum Gasteiger partial charge on any atom is -0.465 e. The van der Waals surface area contributed by atoms with E-state index in [0.29, 0.717) is 18.1 Å². The summed E-state index contributed by atoms with van der Waals surface area (Å²) in [5.41, 5.74) is -0.576. The first kappa shape index (κ1) is 14.3. The van der Waals surface area contributed by atoms with Crippen molar-refractivity contribution < 1.29 is 9.53 Å². The van der Waals surface area contributed by atoms with E-state index in [9.17, 15) is 4.79 Å². The van der Waals surface area contributed by atoms with Crippen LogP contribution in [0.3, 0.4) is 0 Å². The van der Waals surface area contributed by atoms with Crippen molar-refractivity contribution in [2.75, 3.05) is 13.2 Å². The summed E-state index contributed by atoms with van der Waals surface area (Å²) in [7, 11) is 0. The minimum atomic E-state index is -0.576. The number of nitrogens with zero attached hydrogens (tertiary/aromatic N) is 2. The molecule has 1 heterocycles. The fraction of sp³-hybridized carbons (Fsp3) is 0.692. The van der Waals surface area contributed by atoms with Gasteiger partial charge < -0.3 is 10.1 Å². The van der Waals surface area contributed by atoms with Gasteiger partial charge in [-0.1, -0.05) is 18.5 Å². The van der Waals surface area contributed by atoms with E-state index in [4.69, 9.17) is 16.3 Å². The molecule has 1 N–H and O–H groups in total. The molecule has 19 heavy (non-hydrogen) atoms. The summed E-state index contributed by atoms with van der Waals surface area (Å²) < 4.78 is 7.06. The number of hydrogen-bond acceptors (Lipinski definition) is 4. The molecule has 1 aliphatic rings. The number of rotatable bonds is 5. The number of esters is 1. The molecule has 2 unspecified atom stereocenters. The second-order valence-corrected chi connectivity index (χ2v) is 5.30. The molecule has 5 nitrogen and oxygen atoms in total. The van der Waals surface area contributed by atoms with Crippen LogP contribution in [0.15, 0.2) is 12.4 Å². The molecular weight excluding hydrogens is 266 g/mol. The first-order chi connectivity index (χ1) is 9.11. The number of nitrogens with one attached hydrogen (secondary N) is 1. The number of carbonyl (C=O) groups is 1. The second-order valence-electron chi connectivity index (χ2n) is 4.87. The molecule has 0 aliphatic heterocycles. The number of ether oxygens (including phenoxy) is 1. The monoisotopic (exact) mass is 285 g/mol. The van der Waals surface area contributed by atoms with E-state index >= 15 is 0 Å². The molecule has 106 valence electrons. The highest BCUT2D eigenvalue weighted by Crippen LogP contribution is 2.38. The standard InChI is InChI=1S/C13H20ClN3O2/c1-3-15-13(12(18)19-4-2)6-5-11(7-13)17-9-10(14)8-16-17/h8-9,11,15H,3-7H2,1-2H3. The molecule has 1 fully saturated rings. The molecule has 1 aromatic rings. The zero-order valence-electron chi connectivity index (χ0n) is 11.4. The van der Waals surface area contributed by atoms with Gasteiger partial charge in [-0.3, -0.25) is 9.48 Å². The van der Waals surface area contributed by atoms with E-state index in [2.05, 4.69) is 10.4 Å². The van der Waals surface area contributed by atoms with Gasteiger partial charge in [-0.05, 0) is 32.7 Å². The van der Waals surface area contributed by atoms with Crippen molar-refractivity contribution in [2.24, 2.45) is 0 Å². The van der Waals surface area contributed by atoms with Crippen LogP contribution in [-0.2, 0) is 9.53 Å². The Labute approximate surface area is 118 Å². The third-order valence-corrected chi connectivity index (χ3v) is 3.81. The normalized spacial score (nSPS) is 26.6. The van der Waals surface area contributed by atoms with Crippen molar-refractivity contribution in [3.63, 3.8) is 0 Å². The first-order valence-corrected chi connectivity index (χ1v) is 7.11. The maximum Gasteiger partial charge on any atom is 0.326 e. The fourth-order valence-electron chi connectivity index (χ4n) is 2.79. The van der Waals surface area contributed by atoms with Gasteiger partial charge in [0.25, 0.3) is 0 Å². The molecule has 1 aromatic heterocycles. The van der Waals surface area contributed by atoms with Gasteiger partial charge in [-0.25, -0.2) is 0 Å². The van der Waals surface area contributed by atoms with Gasteiger partial charge in [0.05, 0.1) is 23.9 Å². The molecule has 0 bridgehead atoms. The van der Waals surface area contributed by atoms with E-state index in [1.165, 1.54) is 0 Å². The Morgan fingerprint density at radius 1 is 1.68 bits per heavy atom. The summed E-state index contributed by atoms with van der Waals surface area (Å²) >= 11 is 5.89. The van der Waals surface area contributed by atoms with E-state index in [1.54, 1.807) is 12.4 Å². The Balaban J connectivity index is 2.13. The number of aromatic nitrogens is 2. The molecule has 0 saturated heterocycles. The van der Waals surface area contributed by atoms with Gasteiger partial charge in [-0.15, -0.1) is 0 Å². The van der Waals surface area contributed by atoms with E-state index < -0.39 is 5.54 Å². The lowest BCUT2D eigenvalue weighted by Gasteiger charge is -2.27. The third kappa shape index (κ3) is 2.92. The molecule has 0 amide bonds. The highest BCUT2D eigenvalue weighted by atomic mass is 35.5. The van der Waals surface area contributed by atoms with E-state index in [1.807, 2.05) is 18.5 Å². The average molecular weight is 286 g/mol. The van der Waals surface area contributed by atoms with Crippen LogP contribution in [0, 0.1) is 0 Å². The van der Waals surface area contributed by atoms with Crippen LogP contribution in [-0.4, -0.2) is 34.4 Å². The SMILES string of the molecule is CCNC1(C(=O)OCC)CCC(n2cc(Cl)cn2)C1. The quantitative estimate of drug-likeness (QED) is 0.843. The number of halogens is 1. The molecule has 1 saturated carbocycles. The molecule has 0 spiro atoms. The predicted octanol–water partition coefficient (Wildman–Crippen LogP) is 2.17. The predicted molar refractivity (Wildman–Crippen MR) is 73.2 cm³/mol. The van der Waals surface area contributed by atoms with Gasteiger partial charge in [0.15, 0.2) is 0 Å². The van der Waals surface area contributed by atoms with Gasteiger partial charge in [0.1, 0.15) is 5.54 Å². The maximum absolute atomic E-state index is 12.2. The lowest BCUT2D eigenvalue weighted by Crippen LogP contribution is -2.51. The Morgan fingerprint density at radius 2 is 2.47 bits per heavy atom. The topological polar surface area (TPSA) is 56.1 Å². The van der Waals surface area contributed by atoms with Crippen LogP contribution in [0.5, 0.6) is 0 Å². The largest absolute Gasteiger partial charge is 0.465 e. The summed E-state index contributed by atoms with van der Waals surface area (Å²) in [5, 5.41) is 8.16. The second kappa shape index (κ2) is 5.92. The zero-order chi connectivity index (χ0) is 13.9. The molecule has 0 radical (unpaired) electrons. The van der Waals surface area contributed by atoms with Crippen LogP contribution in [0.4, 0.5) is 0 Å². The summed E-state index contributed by atoms with van der Waals surface area (Å²) in [6, 6.07) is 0.191. The van der Waals surface area contributed by atoms with Crippen LogP contribution in [0.25, 0.3) is 0 Å². The third-order valence-electron chi connectivity index (χ3n) is 3.61. The van der Waals surface area contributed by atoms with Crippen LogP contribution in [0.1, 0.15) is 39.2 Å². The van der Waals surface area contributed by atoms with Gasteiger partial charge in [-0.2, -0.15) is 5.10 Å². The first-order valence-electron chi connectivity index (χ1n) is 6.73. The highest BCUT2D eigenvalue weighted by Gasteiger charge is 2.46. The number of carbonyl (C=O) groups excluding carboxylic acids is 1. The highest BCUT2D eigenvalue weighted by molar-refractivity contribution is 6.30. The van der Waals surface area contributed by atoms with Crippen LogP contribution in [0.2, 0.25) is 5.02 Å². The average Bonchev–Trinajstić information content (AvgIpc) is 2.97. The van der Waals surface area contributed by atoms with Crippen LogP contribution < -0.4 is 5.32 Å². The smallest absolute Gasteiger partial charge is 0.326 e. The molecule has 0 aromatic carbocycles. The summed E-state index contributed by atoms with van der Waals surface area (Å²) in [6.45, 7) is 4.98. The Bertz CT molecular complexity index is 449. The lowest BCUT2D eigenvalue weighted by atomic mass is 9.97.